The monoisotopic (exact) mass is 408 g/mol. The van der Waals surface area contributed by atoms with E-state index in [0.29, 0.717) is 0 Å². The summed E-state index contributed by atoms with van der Waals surface area (Å²) in [7, 11) is 0. The van der Waals surface area contributed by atoms with E-state index in [0.717, 1.165) is 5.56 Å². The molecule has 8 heteroatoms. The van der Waals surface area contributed by atoms with Crippen molar-refractivity contribution < 1.29 is 29.0 Å². The molecule has 3 N–H and O–H groups in total. The fraction of sp³-hybridized carbons (Fsp3) is 0.571. The van der Waals surface area contributed by atoms with Gasteiger partial charge in [-0.1, -0.05) is 44.2 Å². The molecule has 1 aromatic carbocycles. The van der Waals surface area contributed by atoms with Crippen LogP contribution in [0, 0.1) is 5.92 Å². The van der Waals surface area contributed by atoms with Crippen LogP contribution in [-0.2, 0) is 25.7 Å². The van der Waals surface area contributed by atoms with Gasteiger partial charge in [0.15, 0.2) is 6.04 Å². The van der Waals surface area contributed by atoms with Gasteiger partial charge in [-0.15, -0.1) is 0 Å². The summed E-state index contributed by atoms with van der Waals surface area (Å²) in [4.78, 5) is 36.4. The highest BCUT2D eigenvalue weighted by Gasteiger charge is 2.33. The molecule has 8 nitrogen and oxygen atoms in total. The molecule has 0 spiro atoms. The van der Waals surface area contributed by atoms with E-state index in [9.17, 15) is 19.5 Å². The highest BCUT2D eigenvalue weighted by molar-refractivity contribution is 5.89. The Morgan fingerprint density at radius 2 is 1.59 bits per heavy atom. The molecular formula is C21H32N2O6. The van der Waals surface area contributed by atoms with Gasteiger partial charge in [0.1, 0.15) is 11.6 Å². The molecule has 3 atom stereocenters. The molecule has 0 bridgehead atoms. The lowest BCUT2D eigenvalue weighted by Gasteiger charge is -2.28. The molecule has 0 saturated heterocycles. The average molecular weight is 408 g/mol. The van der Waals surface area contributed by atoms with E-state index in [-0.39, 0.29) is 12.5 Å². The van der Waals surface area contributed by atoms with E-state index in [1.165, 1.54) is 0 Å². The Bertz CT molecular complexity index is 684. The van der Waals surface area contributed by atoms with Crippen molar-refractivity contribution in [2.75, 3.05) is 0 Å². The number of ether oxygens (including phenoxy) is 2. The zero-order valence-corrected chi connectivity index (χ0v) is 17.9. The van der Waals surface area contributed by atoms with Gasteiger partial charge in [0, 0.05) is 0 Å². The Morgan fingerprint density at radius 3 is 2.07 bits per heavy atom. The lowest BCUT2D eigenvalue weighted by molar-refractivity contribution is -0.147. The maximum atomic E-state index is 12.7. The molecule has 0 aliphatic rings. The largest absolute Gasteiger partial charge is 0.480 e. The Kier molecular flexibility index (Phi) is 9.10. The second-order valence-corrected chi connectivity index (χ2v) is 8.19. The predicted octanol–water partition coefficient (Wildman–Crippen LogP) is 2.71. The van der Waals surface area contributed by atoms with Crippen LogP contribution in [0.2, 0.25) is 0 Å². The summed E-state index contributed by atoms with van der Waals surface area (Å²) in [6.45, 7) is 10.4. The highest BCUT2D eigenvalue weighted by atomic mass is 16.6. The van der Waals surface area contributed by atoms with Gasteiger partial charge in [0.05, 0.1) is 12.7 Å². The third kappa shape index (κ3) is 8.95. The van der Waals surface area contributed by atoms with Crippen molar-refractivity contribution in [1.82, 2.24) is 10.6 Å². The standard InChI is InChI=1S/C21H32N2O6/c1-13(2)16(23-20(27)29-21(4,5)6)18(24)22-17(19(25)26)14(3)28-12-15-10-8-7-9-11-15/h7-11,13-14,16-17H,12H2,1-6H3,(H,22,24)(H,23,27)(H,25,26)/t14-,16+,17+/m1/s1. The van der Waals surface area contributed by atoms with Crippen LogP contribution in [0.15, 0.2) is 30.3 Å². The fourth-order valence-corrected chi connectivity index (χ4v) is 2.49. The van der Waals surface area contributed by atoms with Crippen LogP contribution in [0.25, 0.3) is 0 Å². The summed E-state index contributed by atoms with van der Waals surface area (Å²) in [5.41, 5.74) is 0.173. The van der Waals surface area contributed by atoms with Gasteiger partial charge < -0.3 is 25.2 Å². The fourth-order valence-electron chi connectivity index (χ4n) is 2.49. The Morgan fingerprint density at radius 1 is 1.00 bits per heavy atom. The molecule has 2 amide bonds. The second-order valence-electron chi connectivity index (χ2n) is 8.19. The minimum Gasteiger partial charge on any atom is -0.480 e. The molecule has 0 saturated carbocycles. The third-order valence-electron chi connectivity index (χ3n) is 4.01. The first-order valence-corrected chi connectivity index (χ1v) is 9.59. The smallest absolute Gasteiger partial charge is 0.408 e. The van der Waals surface area contributed by atoms with Crippen LogP contribution >= 0.6 is 0 Å². The number of alkyl carbamates (subject to hydrolysis) is 1. The maximum absolute atomic E-state index is 12.7. The number of hydrogen-bond acceptors (Lipinski definition) is 5. The number of carboxylic acids is 1. The molecule has 0 aliphatic heterocycles. The molecule has 0 heterocycles. The molecule has 29 heavy (non-hydrogen) atoms. The number of carbonyl (C=O) groups excluding carboxylic acids is 2. The van der Waals surface area contributed by atoms with Gasteiger partial charge >= 0.3 is 12.1 Å². The molecule has 1 aromatic rings. The molecule has 0 aliphatic carbocycles. The Hall–Kier alpha value is -2.61. The van der Waals surface area contributed by atoms with Gasteiger partial charge in [0.2, 0.25) is 5.91 Å². The van der Waals surface area contributed by atoms with Gasteiger partial charge in [-0.2, -0.15) is 0 Å². The van der Waals surface area contributed by atoms with Crippen molar-refractivity contribution in [2.24, 2.45) is 5.92 Å². The van der Waals surface area contributed by atoms with Crippen LogP contribution in [0.1, 0.15) is 47.1 Å². The maximum Gasteiger partial charge on any atom is 0.408 e. The van der Waals surface area contributed by atoms with Crippen molar-refractivity contribution in [3.8, 4) is 0 Å². The summed E-state index contributed by atoms with van der Waals surface area (Å²) in [6, 6.07) is 7.09. The highest BCUT2D eigenvalue weighted by Crippen LogP contribution is 2.11. The predicted molar refractivity (Wildman–Crippen MR) is 108 cm³/mol. The van der Waals surface area contributed by atoms with Gasteiger partial charge in [-0.25, -0.2) is 9.59 Å². The lowest BCUT2D eigenvalue weighted by Crippen LogP contribution is -2.57. The number of aliphatic carboxylic acids is 1. The number of carboxylic acid groups (broad SMARTS) is 1. The number of amides is 2. The van der Waals surface area contributed by atoms with E-state index >= 15 is 0 Å². The molecule has 0 radical (unpaired) electrons. The van der Waals surface area contributed by atoms with Gasteiger partial charge in [-0.05, 0) is 39.2 Å². The number of benzene rings is 1. The van der Waals surface area contributed by atoms with Gasteiger partial charge in [0.25, 0.3) is 0 Å². The minimum absolute atomic E-state index is 0.214. The Balaban J connectivity index is 2.76. The third-order valence-corrected chi connectivity index (χ3v) is 4.01. The van der Waals surface area contributed by atoms with Crippen LogP contribution in [0.5, 0.6) is 0 Å². The second kappa shape index (κ2) is 10.8. The summed E-state index contributed by atoms with van der Waals surface area (Å²) >= 11 is 0. The molecular weight excluding hydrogens is 376 g/mol. The van der Waals surface area contributed by atoms with Crippen molar-refractivity contribution in [3.63, 3.8) is 0 Å². The van der Waals surface area contributed by atoms with Crippen LogP contribution in [-0.4, -0.2) is 46.9 Å². The van der Waals surface area contributed by atoms with E-state index in [2.05, 4.69) is 10.6 Å². The van der Waals surface area contributed by atoms with E-state index in [4.69, 9.17) is 9.47 Å². The van der Waals surface area contributed by atoms with E-state index in [1.807, 2.05) is 30.3 Å². The van der Waals surface area contributed by atoms with Crippen LogP contribution in [0.4, 0.5) is 4.79 Å². The average Bonchev–Trinajstić information content (AvgIpc) is 2.60. The molecule has 0 unspecified atom stereocenters. The van der Waals surface area contributed by atoms with Crippen molar-refractivity contribution in [1.29, 1.82) is 0 Å². The molecule has 162 valence electrons. The summed E-state index contributed by atoms with van der Waals surface area (Å²) in [6.07, 6.45) is -1.53. The van der Waals surface area contributed by atoms with Crippen molar-refractivity contribution in [2.45, 2.75) is 71.9 Å². The van der Waals surface area contributed by atoms with Crippen LogP contribution < -0.4 is 10.6 Å². The quantitative estimate of drug-likeness (QED) is 0.579. The lowest BCUT2D eigenvalue weighted by atomic mass is 10.0. The number of carbonyl (C=O) groups is 3. The first kappa shape index (κ1) is 24.4. The normalized spacial score (nSPS) is 14.6. The number of rotatable bonds is 9. The zero-order valence-electron chi connectivity index (χ0n) is 17.9. The van der Waals surface area contributed by atoms with E-state index < -0.39 is 41.8 Å². The zero-order chi connectivity index (χ0) is 22.2. The first-order valence-electron chi connectivity index (χ1n) is 9.59. The summed E-state index contributed by atoms with van der Waals surface area (Å²) in [5.74, 6) is -2.12. The van der Waals surface area contributed by atoms with Crippen molar-refractivity contribution >= 4 is 18.0 Å². The number of hydrogen-bond donors (Lipinski definition) is 3. The first-order chi connectivity index (χ1) is 13.4. The molecule has 0 aromatic heterocycles. The number of nitrogens with one attached hydrogen (secondary N) is 2. The molecule has 0 fully saturated rings. The SMILES string of the molecule is CC(C)[C@H](NC(=O)OC(C)(C)C)C(=O)N[C@H](C(=O)O)[C@@H](C)OCc1ccccc1. The van der Waals surface area contributed by atoms with Crippen LogP contribution in [0.3, 0.4) is 0 Å². The Labute approximate surface area is 172 Å². The molecule has 1 rings (SSSR count). The van der Waals surface area contributed by atoms with Crippen molar-refractivity contribution in [3.05, 3.63) is 35.9 Å². The van der Waals surface area contributed by atoms with E-state index in [1.54, 1.807) is 41.5 Å². The topological polar surface area (TPSA) is 114 Å². The van der Waals surface area contributed by atoms with Gasteiger partial charge in [-0.3, -0.25) is 4.79 Å². The summed E-state index contributed by atoms with van der Waals surface area (Å²) in [5, 5.41) is 14.5. The minimum atomic E-state index is -1.27. The summed E-state index contributed by atoms with van der Waals surface area (Å²) < 4.78 is 10.8.